The quantitative estimate of drug-likeness (QED) is 0.188. The molecule has 3 fully saturated rings. The van der Waals surface area contributed by atoms with E-state index in [1.807, 2.05) is 0 Å². The largest absolute Gasteiger partial charge is 1.00 e. The van der Waals surface area contributed by atoms with E-state index >= 15 is 0 Å². The predicted octanol–water partition coefficient (Wildman–Crippen LogP) is -3.31. The van der Waals surface area contributed by atoms with Gasteiger partial charge in [0.05, 0.1) is 12.0 Å². The fourth-order valence-electron chi connectivity index (χ4n) is 4.06. The van der Waals surface area contributed by atoms with Crippen LogP contribution in [0.2, 0.25) is 0 Å². The van der Waals surface area contributed by atoms with Gasteiger partial charge in [0.2, 0.25) is 5.91 Å². The summed E-state index contributed by atoms with van der Waals surface area (Å²) >= 11 is 2.48. The first-order chi connectivity index (χ1) is 14.2. The van der Waals surface area contributed by atoms with Crippen LogP contribution < -0.4 is 45.7 Å². The number of thiazole rings is 1. The SMILES string of the molecule is CC1(C)S[C@@H]2[C@@H](NC(=O)/C(=N\OC3CCCC3)c3csc(N)n3)C(=O)N2[C@H]1C(=O)[O-].[Na+]. The molecule has 13 heteroatoms. The molecule has 1 aliphatic carbocycles. The summed E-state index contributed by atoms with van der Waals surface area (Å²) in [5, 5.41) is 19.6. The molecule has 2 amide bonds. The third-order valence-electron chi connectivity index (χ3n) is 5.53. The van der Waals surface area contributed by atoms with E-state index in [0.29, 0.717) is 0 Å². The Morgan fingerprint density at radius 2 is 2.06 bits per heavy atom. The van der Waals surface area contributed by atoms with Crippen molar-refractivity contribution >= 4 is 51.7 Å². The average Bonchev–Trinajstić information content (AvgIpc) is 3.38. The number of thioether (sulfide) groups is 1. The molecule has 4 rings (SSSR count). The van der Waals surface area contributed by atoms with Crippen molar-refractivity contribution in [3.05, 3.63) is 11.1 Å². The second kappa shape index (κ2) is 9.26. The van der Waals surface area contributed by atoms with Crippen molar-refractivity contribution in [1.82, 2.24) is 15.2 Å². The number of hydrogen-bond acceptors (Lipinski definition) is 10. The molecule has 162 valence electrons. The molecule has 0 spiro atoms. The fourth-order valence-corrected chi connectivity index (χ4v) is 6.23. The molecule has 3 heterocycles. The Labute approximate surface area is 209 Å². The summed E-state index contributed by atoms with van der Waals surface area (Å²) in [7, 11) is 0. The molecule has 3 atom stereocenters. The van der Waals surface area contributed by atoms with E-state index in [-0.39, 0.29) is 52.2 Å². The van der Waals surface area contributed by atoms with Gasteiger partial charge in [-0.25, -0.2) is 4.98 Å². The average molecular weight is 476 g/mol. The van der Waals surface area contributed by atoms with E-state index in [9.17, 15) is 19.5 Å². The van der Waals surface area contributed by atoms with Gasteiger partial charge in [-0.1, -0.05) is 5.16 Å². The first-order valence-electron chi connectivity index (χ1n) is 9.66. The molecule has 1 aromatic rings. The Bertz CT molecular complexity index is 917. The molecule has 2 aliphatic heterocycles. The summed E-state index contributed by atoms with van der Waals surface area (Å²) in [6.07, 6.45) is 3.77. The molecule has 3 N–H and O–H groups in total. The van der Waals surface area contributed by atoms with E-state index in [0.717, 1.165) is 37.0 Å². The monoisotopic (exact) mass is 475 g/mol. The molecule has 2 saturated heterocycles. The fraction of sp³-hybridized carbons (Fsp3) is 0.611. The minimum atomic E-state index is -1.31. The van der Waals surface area contributed by atoms with Gasteiger partial charge in [-0.05, 0) is 39.5 Å². The molecule has 0 radical (unpaired) electrons. The van der Waals surface area contributed by atoms with Gasteiger partial charge in [0.25, 0.3) is 5.91 Å². The van der Waals surface area contributed by atoms with Crippen LogP contribution in [-0.2, 0) is 19.2 Å². The zero-order valence-electron chi connectivity index (χ0n) is 17.5. The minimum absolute atomic E-state index is 0. The van der Waals surface area contributed by atoms with Crippen molar-refractivity contribution < 1.29 is 53.9 Å². The van der Waals surface area contributed by atoms with Crippen LogP contribution in [-0.4, -0.2) is 61.7 Å². The van der Waals surface area contributed by atoms with Gasteiger partial charge < -0.3 is 30.7 Å². The number of rotatable bonds is 6. The number of nitrogens with one attached hydrogen (secondary N) is 1. The van der Waals surface area contributed by atoms with Gasteiger partial charge in [-0.15, -0.1) is 23.1 Å². The summed E-state index contributed by atoms with van der Waals surface area (Å²) < 4.78 is -0.732. The maximum Gasteiger partial charge on any atom is 1.00 e. The summed E-state index contributed by atoms with van der Waals surface area (Å²) in [6.45, 7) is 3.48. The number of carbonyl (C=O) groups excluding carboxylic acids is 3. The first kappa shape index (κ1) is 24.3. The number of nitrogens with zero attached hydrogens (tertiary/aromatic N) is 3. The number of nitrogens with two attached hydrogens (primary N) is 1. The van der Waals surface area contributed by atoms with Gasteiger partial charge in [0.15, 0.2) is 10.8 Å². The summed E-state index contributed by atoms with van der Waals surface area (Å²) in [5.41, 5.74) is 5.90. The number of anilines is 1. The molecule has 10 nitrogen and oxygen atoms in total. The topological polar surface area (TPSA) is 150 Å². The number of amides is 2. The van der Waals surface area contributed by atoms with Crippen molar-refractivity contribution in [2.45, 2.75) is 67.8 Å². The minimum Gasteiger partial charge on any atom is -0.548 e. The van der Waals surface area contributed by atoms with Crippen LogP contribution in [0.15, 0.2) is 10.5 Å². The van der Waals surface area contributed by atoms with E-state index < -0.39 is 40.0 Å². The van der Waals surface area contributed by atoms with Crippen LogP contribution in [0.25, 0.3) is 0 Å². The van der Waals surface area contributed by atoms with Gasteiger partial charge in [0.1, 0.15) is 23.2 Å². The number of nitrogen functional groups attached to an aromatic ring is 1. The maximum absolute atomic E-state index is 13.0. The number of oxime groups is 1. The van der Waals surface area contributed by atoms with Gasteiger partial charge >= 0.3 is 29.6 Å². The molecule has 1 saturated carbocycles. The molecular formula is C18H22N5NaO5S2. The number of aliphatic carboxylic acids is 1. The van der Waals surface area contributed by atoms with Gasteiger partial charge in [0, 0.05) is 10.1 Å². The van der Waals surface area contributed by atoms with E-state index in [4.69, 9.17) is 10.6 Å². The number of β-lactam (4-membered cyclic amide) rings is 1. The van der Waals surface area contributed by atoms with Crippen molar-refractivity contribution in [3.8, 4) is 0 Å². The summed E-state index contributed by atoms with van der Waals surface area (Å²) in [4.78, 5) is 48.0. The molecular weight excluding hydrogens is 453 g/mol. The Balaban J connectivity index is 0.00000272. The second-order valence-corrected chi connectivity index (χ2v) is 10.7. The zero-order valence-corrected chi connectivity index (χ0v) is 21.1. The number of carboxylic acid groups (broad SMARTS) is 1. The standard InChI is InChI=1S/C18H23N5O5S2.Na/c1-18(2)12(16(26)27)23-14(25)11(15(23)30-18)21-13(24)10(9-7-29-17(19)20-9)22-28-8-5-3-4-6-8;/h7-8,11-12,15H,3-6H2,1-2H3,(H2,19,20)(H,21,24)(H,26,27);/q;+1/p-1/b22-10-;/t11-,12-,15+;/m0./s1. The Morgan fingerprint density at radius 3 is 2.65 bits per heavy atom. The Hall–Kier alpha value is -1.34. The number of carboxylic acids is 1. The third kappa shape index (κ3) is 4.58. The first-order valence-corrected chi connectivity index (χ1v) is 11.4. The van der Waals surface area contributed by atoms with Crippen LogP contribution in [0.4, 0.5) is 5.13 Å². The Kier molecular flexibility index (Phi) is 7.26. The van der Waals surface area contributed by atoms with Crippen LogP contribution in [0, 0.1) is 0 Å². The number of aromatic nitrogens is 1. The van der Waals surface area contributed by atoms with Crippen LogP contribution in [0.1, 0.15) is 45.2 Å². The smallest absolute Gasteiger partial charge is 0.548 e. The van der Waals surface area contributed by atoms with Crippen molar-refractivity contribution in [2.24, 2.45) is 5.16 Å². The number of fused-ring (bicyclic) bond motifs is 1. The third-order valence-corrected chi connectivity index (χ3v) is 7.77. The molecule has 0 aromatic carbocycles. The van der Waals surface area contributed by atoms with E-state index in [1.54, 1.807) is 19.2 Å². The molecule has 0 bridgehead atoms. The summed E-state index contributed by atoms with van der Waals surface area (Å²) in [6, 6.07) is -1.91. The molecule has 3 aliphatic rings. The predicted molar refractivity (Wildman–Crippen MR) is 109 cm³/mol. The Morgan fingerprint density at radius 1 is 1.39 bits per heavy atom. The van der Waals surface area contributed by atoms with Crippen molar-refractivity contribution in [2.75, 3.05) is 5.73 Å². The summed E-state index contributed by atoms with van der Waals surface area (Å²) in [5.74, 6) is -2.39. The number of carbonyl (C=O) groups is 3. The van der Waals surface area contributed by atoms with E-state index in [2.05, 4.69) is 15.5 Å². The van der Waals surface area contributed by atoms with E-state index in [1.165, 1.54) is 16.7 Å². The van der Waals surface area contributed by atoms with Crippen LogP contribution >= 0.6 is 23.1 Å². The zero-order chi connectivity index (χ0) is 21.6. The normalized spacial score (nSPS) is 27.3. The molecule has 1 aromatic heterocycles. The van der Waals surface area contributed by atoms with Crippen molar-refractivity contribution in [1.29, 1.82) is 0 Å². The molecule has 0 unspecified atom stereocenters. The van der Waals surface area contributed by atoms with Gasteiger partial charge in [-0.3, -0.25) is 9.59 Å². The number of hydrogen-bond donors (Lipinski definition) is 2. The second-order valence-electron chi connectivity index (χ2n) is 8.05. The van der Waals surface area contributed by atoms with Crippen molar-refractivity contribution in [3.63, 3.8) is 0 Å². The van der Waals surface area contributed by atoms with Gasteiger partial charge in [-0.2, -0.15) is 0 Å². The van der Waals surface area contributed by atoms with Crippen LogP contribution in [0.3, 0.4) is 0 Å². The maximum atomic E-state index is 13.0. The molecule has 31 heavy (non-hydrogen) atoms. The van der Waals surface area contributed by atoms with Crippen LogP contribution in [0.5, 0.6) is 0 Å².